The SMILES string of the molecule is CCNC(=NCC(C)C(=O)OC)N1CC2CCCCC2C1. The molecule has 5 nitrogen and oxygen atoms in total. The molecule has 0 aromatic heterocycles. The van der Waals surface area contributed by atoms with Gasteiger partial charge in [0.05, 0.1) is 19.6 Å². The molecule has 1 N–H and O–H groups in total. The Labute approximate surface area is 128 Å². The van der Waals surface area contributed by atoms with Gasteiger partial charge in [0, 0.05) is 19.6 Å². The molecule has 0 radical (unpaired) electrons. The third-order valence-electron chi connectivity index (χ3n) is 4.73. The van der Waals surface area contributed by atoms with E-state index in [0.29, 0.717) is 6.54 Å². The topological polar surface area (TPSA) is 53.9 Å². The van der Waals surface area contributed by atoms with Crippen molar-refractivity contribution in [1.82, 2.24) is 10.2 Å². The van der Waals surface area contributed by atoms with Crippen molar-refractivity contribution in [2.45, 2.75) is 39.5 Å². The quantitative estimate of drug-likeness (QED) is 0.489. The van der Waals surface area contributed by atoms with Crippen LogP contribution in [0.15, 0.2) is 4.99 Å². The number of hydrogen-bond donors (Lipinski definition) is 1. The monoisotopic (exact) mass is 295 g/mol. The van der Waals surface area contributed by atoms with Gasteiger partial charge in [-0.1, -0.05) is 19.8 Å². The smallest absolute Gasteiger partial charge is 0.310 e. The highest BCUT2D eigenvalue weighted by atomic mass is 16.5. The lowest BCUT2D eigenvalue weighted by Gasteiger charge is -2.22. The summed E-state index contributed by atoms with van der Waals surface area (Å²) in [5.74, 6) is 2.25. The Morgan fingerprint density at radius 1 is 1.33 bits per heavy atom. The molecule has 0 spiro atoms. The lowest BCUT2D eigenvalue weighted by Crippen LogP contribution is -2.40. The fourth-order valence-electron chi connectivity index (χ4n) is 3.50. The van der Waals surface area contributed by atoms with Crippen LogP contribution < -0.4 is 5.32 Å². The van der Waals surface area contributed by atoms with Crippen molar-refractivity contribution < 1.29 is 9.53 Å². The molecule has 21 heavy (non-hydrogen) atoms. The van der Waals surface area contributed by atoms with Gasteiger partial charge in [-0.2, -0.15) is 0 Å². The zero-order chi connectivity index (χ0) is 15.2. The zero-order valence-corrected chi connectivity index (χ0v) is 13.6. The largest absolute Gasteiger partial charge is 0.469 e. The minimum absolute atomic E-state index is 0.187. The van der Waals surface area contributed by atoms with Crippen LogP contribution in [0, 0.1) is 17.8 Å². The number of ether oxygens (including phenoxy) is 1. The van der Waals surface area contributed by atoms with E-state index in [1.165, 1.54) is 32.8 Å². The van der Waals surface area contributed by atoms with E-state index >= 15 is 0 Å². The Morgan fingerprint density at radius 3 is 2.48 bits per heavy atom. The average molecular weight is 295 g/mol. The highest BCUT2D eigenvalue weighted by Crippen LogP contribution is 2.35. The van der Waals surface area contributed by atoms with E-state index < -0.39 is 0 Å². The van der Waals surface area contributed by atoms with E-state index in [1.54, 1.807) is 0 Å². The van der Waals surface area contributed by atoms with Gasteiger partial charge in [-0.15, -0.1) is 0 Å². The van der Waals surface area contributed by atoms with Crippen molar-refractivity contribution in [3.05, 3.63) is 0 Å². The lowest BCUT2D eigenvalue weighted by atomic mass is 9.82. The predicted octanol–water partition coefficient (Wildman–Crippen LogP) is 1.88. The minimum atomic E-state index is -0.190. The lowest BCUT2D eigenvalue weighted by molar-refractivity contribution is -0.144. The van der Waals surface area contributed by atoms with Crippen LogP contribution in [0.1, 0.15) is 39.5 Å². The number of nitrogens with zero attached hydrogens (tertiary/aromatic N) is 2. The Hall–Kier alpha value is -1.26. The van der Waals surface area contributed by atoms with Gasteiger partial charge in [0.25, 0.3) is 0 Å². The maximum absolute atomic E-state index is 11.5. The van der Waals surface area contributed by atoms with Crippen molar-refractivity contribution >= 4 is 11.9 Å². The maximum Gasteiger partial charge on any atom is 0.310 e. The molecular formula is C16H29N3O2. The number of carbonyl (C=O) groups excluding carboxylic acids is 1. The van der Waals surface area contributed by atoms with Gasteiger partial charge >= 0.3 is 5.97 Å². The number of nitrogens with one attached hydrogen (secondary N) is 1. The molecule has 1 aliphatic heterocycles. The van der Waals surface area contributed by atoms with Gasteiger partial charge in [0.15, 0.2) is 5.96 Å². The Kier molecular flexibility index (Phi) is 5.88. The van der Waals surface area contributed by atoms with Crippen LogP contribution in [0.2, 0.25) is 0 Å². The highest BCUT2D eigenvalue weighted by Gasteiger charge is 2.35. The maximum atomic E-state index is 11.5. The van der Waals surface area contributed by atoms with Crippen LogP contribution in [-0.2, 0) is 9.53 Å². The number of carbonyl (C=O) groups is 1. The molecule has 0 amide bonds. The summed E-state index contributed by atoms with van der Waals surface area (Å²) in [5, 5.41) is 3.37. The van der Waals surface area contributed by atoms with Crippen molar-refractivity contribution in [3.8, 4) is 0 Å². The van der Waals surface area contributed by atoms with Crippen LogP contribution in [-0.4, -0.2) is 50.1 Å². The van der Waals surface area contributed by atoms with Crippen LogP contribution in [0.3, 0.4) is 0 Å². The second-order valence-electron chi connectivity index (χ2n) is 6.33. The van der Waals surface area contributed by atoms with E-state index in [0.717, 1.165) is 37.4 Å². The Bertz CT molecular complexity index is 370. The van der Waals surface area contributed by atoms with Crippen molar-refractivity contribution in [1.29, 1.82) is 0 Å². The number of aliphatic imine (C=N–C) groups is 1. The molecule has 3 atom stereocenters. The van der Waals surface area contributed by atoms with Gasteiger partial charge in [0.1, 0.15) is 0 Å². The number of fused-ring (bicyclic) bond motifs is 1. The summed E-state index contributed by atoms with van der Waals surface area (Å²) in [6, 6.07) is 0. The second-order valence-corrected chi connectivity index (χ2v) is 6.33. The van der Waals surface area contributed by atoms with Crippen LogP contribution in [0.4, 0.5) is 0 Å². The summed E-state index contributed by atoms with van der Waals surface area (Å²) in [6.07, 6.45) is 5.47. The average Bonchev–Trinajstić information content (AvgIpc) is 2.93. The summed E-state index contributed by atoms with van der Waals surface area (Å²) in [6.45, 7) is 7.52. The van der Waals surface area contributed by atoms with Gasteiger partial charge in [-0.3, -0.25) is 9.79 Å². The van der Waals surface area contributed by atoms with Crippen LogP contribution in [0.25, 0.3) is 0 Å². The van der Waals surface area contributed by atoms with Crippen LogP contribution >= 0.6 is 0 Å². The fourth-order valence-corrected chi connectivity index (χ4v) is 3.50. The number of hydrogen-bond acceptors (Lipinski definition) is 3. The first-order valence-corrected chi connectivity index (χ1v) is 8.26. The zero-order valence-electron chi connectivity index (χ0n) is 13.6. The molecule has 1 aliphatic carbocycles. The van der Waals surface area contributed by atoms with E-state index in [9.17, 15) is 4.79 Å². The second kappa shape index (κ2) is 7.66. The molecule has 1 saturated heterocycles. The molecule has 3 unspecified atom stereocenters. The fraction of sp³-hybridized carbons (Fsp3) is 0.875. The third-order valence-corrected chi connectivity index (χ3v) is 4.73. The normalized spacial score (nSPS) is 27.2. The van der Waals surface area contributed by atoms with Gasteiger partial charge in [-0.05, 0) is 31.6 Å². The molecule has 0 aromatic rings. The number of methoxy groups -OCH3 is 1. The molecule has 5 heteroatoms. The first-order chi connectivity index (χ1) is 10.2. The Balaban J connectivity index is 1.96. The molecule has 1 heterocycles. The molecular weight excluding hydrogens is 266 g/mol. The number of likely N-dealkylation sites (tertiary alicyclic amines) is 1. The predicted molar refractivity (Wildman–Crippen MR) is 84.2 cm³/mol. The summed E-state index contributed by atoms with van der Waals surface area (Å²) < 4.78 is 4.76. The summed E-state index contributed by atoms with van der Waals surface area (Å²) in [4.78, 5) is 18.5. The molecule has 2 fully saturated rings. The number of esters is 1. The van der Waals surface area contributed by atoms with Gasteiger partial charge < -0.3 is 15.0 Å². The summed E-state index contributed by atoms with van der Waals surface area (Å²) in [5.41, 5.74) is 0. The first-order valence-electron chi connectivity index (χ1n) is 8.26. The van der Waals surface area contributed by atoms with E-state index in [1.807, 2.05) is 6.92 Å². The highest BCUT2D eigenvalue weighted by molar-refractivity contribution is 5.81. The van der Waals surface area contributed by atoms with E-state index in [-0.39, 0.29) is 11.9 Å². The minimum Gasteiger partial charge on any atom is -0.469 e. The van der Waals surface area contributed by atoms with E-state index in [2.05, 4.69) is 22.1 Å². The molecule has 0 aromatic carbocycles. The standard InChI is InChI=1S/C16H29N3O2/c1-4-17-16(18-9-12(2)15(20)21-3)19-10-13-7-5-6-8-14(13)11-19/h12-14H,4-11H2,1-3H3,(H,17,18). The molecule has 2 rings (SSSR count). The molecule has 0 bridgehead atoms. The summed E-state index contributed by atoms with van der Waals surface area (Å²) in [7, 11) is 1.43. The number of guanidine groups is 1. The van der Waals surface area contributed by atoms with Gasteiger partial charge in [-0.25, -0.2) is 0 Å². The Morgan fingerprint density at radius 2 is 1.95 bits per heavy atom. The van der Waals surface area contributed by atoms with Crippen molar-refractivity contribution in [2.75, 3.05) is 33.3 Å². The third kappa shape index (κ3) is 4.11. The molecule has 2 aliphatic rings. The summed E-state index contributed by atoms with van der Waals surface area (Å²) >= 11 is 0. The molecule has 1 saturated carbocycles. The van der Waals surface area contributed by atoms with Crippen LogP contribution in [0.5, 0.6) is 0 Å². The molecule has 120 valence electrons. The van der Waals surface area contributed by atoms with Gasteiger partial charge in [0.2, 0.25) is 0 Å². The van der Waals surface area contributed by atoms with E-state index in [4.69, 9.17) is 4.74 Å². The first kappa shape index (κ1) is 16.1. The van der Waals surface area contributed by atoms with Crippen molar-refractivity contribution in [3.63, 3.8) is 0 Å². The number of rotatable bonds is 4. The van der Waals surface area contributed by atoms with Crippen molar-refractivity contribution in [2.24, 2.45) is 22.7 Å².